The van der Waals surface area contributed by atoms with Crippen LogP contribution in [0.5, 0.6) is 11.5 Å². The molecule has 1 aromatic heterocycles. The van der Waals surface area contributed by atoms with E-state index in [0.29, 0.717) is 17.9 Å². The fourth-order valence-corrected chi connectivity index (χ4v) is 2.12. The van der Waals surface area contributed by atoms with Crippen LogP contribution in [-0.4, -0.2) is 24.3 Å². The summed E-state index contributed by atoms with van der Waals surface area (Å²) in [6.45, 7) is 1.99. The van der Waals surface area contributed by atoms with Crippen molar-refractivity contribution in [3.8, 4) is 11.5 Å². The van der Waals surface area contributed by atoms with E-state index in [9.17, 15) is 5.11 Å². The van der Waals surface area contributed by atoms with Gasteiger partial charge in [-0.05, 0) is 30.7 Å². The van der Waals surface area contributed by atoms with E-state index in [2.05, 4.69) is 4.98 Å². The summed E-state index contributed by atoms with van der Waals surface area (Å²) in [6, 6.07) is 9.27. The first-order chi connectivity index (χ1) is 9.65. The van der Waals surface area contributed by atoms with Crippen molar-refractivity contribution in [1.29, 1.82) is 0 Å². The molecule has 1 aromatic carbocycles. The smallest absolute Gasteiger partial charge is 0.128 e. The van der Waals surface area contributed by atoms with Crippen LogP contribution in [0.25, 0.3) is 0 Å². The van der Waals surface area contributed by atoms with Crippen molar-refractivity contribution in [2.24, 2.45) is 0 Å². The number of hydrogen-bond donors (Lipinski definition) is 1. The topological polar surface area (TPSA) is 51.6 Å². The highest BCUT2D eigenvalue weighted by Gasteiger charge is 2.16. The SMILES string of the molecule is COc1ccc(C(O)Cc2ncccc2C)c(OC)c1. The Morgan fingerprint density at radius 3 is 2.65 bits per heavy atom. The quantitative estimate of drug-likeness (QED) is 0.910. The molecule has 2 rings (SSSR count). The van der Waals surface area contributed by atoms with E-state index in [1.165, 1.54) is 0 Å². The summed E-state index contributed by atoms with van der Waals surface area (Å²) in [5.74, 6) is 1.32. The molecular formula is C16H19NO3. The van der Waals surface area contributed by atoms with Crippen molar-refractivity contribution in [1.82, 2.24) is 4.98 Å². The van der Waals surface area contributed by atoms with Gasteiger partial charge in [0.1, 0.15) is 11.5 Å². The van der Waals surface area contributed by atoms with Crippen LogP contribution in [0.4, 0.5) is 0 Å². The number of rotatable bonds is 5. The van der Waals surface area contributed by atoms with Crippen LogP contribution in [0.1, 0.15) is 22.9 Å². The minimum atomic E-state index is -0.663. The molecule has 4 nitrogen and oxygen atoms in total. The lowest BCUT2D eigenvalue weighted by molar-refractivity contribution is 0.172. The van der Waals surface area contributed by atoms with Gasteiger partial charge in [0.25, 0.3) is 0 Å². The molecule has 1 N–H and O–H groups in total. The van der Waals surface area contributed by atoms with Crippen LogP contribution in [0.3, 0.4) is 0 Å². The number of benzene rings is 1. The lowest BCUT2D eigenvalue weighted by Crippen LogP contribution is -2.06. The Bertz CT molecular complexity index is 584. The molecule has 0 amide bonds. The summed E-state index contributed by atoms with van der Waals surface area (Å²) in [5, 5.41) is 10.4. The molecule has 1 atom stereocenters. The average molecular weight is 273 g/mol. The normalized spacial score (nSPS) is 12.0. The summed E-state index contributed by atoms with van der Waals surface area (Å²) in [4.78, 5) is 4.31. The zero-order chi connectivity index (χ0) is 14.5. The highest BCUT2D eigenvalue weighted by molar-refractivity contribution is 5.42. The number of aliphatic hydroxyl groups excluding tert-OH is 1. The molecule has 0 aliphatic rings. The zero-order valence-electron chi connectivity index (χ0n) is 12.0. The summed E-state index contributed by atoms with van der Waals surface area (Å²) in [7, 11) is 3.18. The molecule has 4 heteroatoms. The van der Waals surface area contributed by atoms with Crippen molar-refractivity contribution in [3.63, 3.8) is 0 Å². The molecule has 0 saturated heterocycles. The molecule has 20 heavy (non-hydrogen) atoms. The van der Waals surface area contributed by atoms with E-state index in [4.69, 9.17) is 9.47 Å². The molecule has 0 bridgehead atoms. The Kier molecular flexibility index (Phi) is 4.58. The van der Waals surface area contributed by atoms with Gasteiger partial charge in [0.2, 0.25) is 0 Å². The number of aryl methyl sites for hydroxylation is 1. The van der Waals surface area contributed by atoms with E-state index in [1.807, 2.05) is 31.2 Å². The summed E-state index contributed by atoms with van der Waals surface area (Å²) < 4.78 is 10.5. The highest BCUT2D eigenvalue weighted by Crippen LogP contribution is 2.31. The van der Waals surface area contributed by atoms with Crippen LogP contribution in [0, 0.1) is 6.92 Å². The maximum Gasteiger partial charge on any atom is 0.128 e. The molecule has 1 heterocycles. The van der Waals surface area contributed by atoms with Crippen molar-refractivity contribution >= 4 is 0 Å². The Balaban J connectivity index is 2.25. The van der Waals surface area contributed by atoms with Crippen LogP contribution < -0.4 is 9.47 Å². The van der Waals surface area contributed by atoms with Crippen LogP contribution in [0.15, 0.2) is 36.5 Å². The van der Waals surface area contributed by atoms with Gasteiger partial charge in [0, 0.05) is 29.9 Å². The van der Waals surface area contributed by atoms with Gasteiger partial charge in [0.05, 0.1) is 20.3 Å². The van der Waals surface area contributed by atoms with Gasteiger partial charge in [0.15, 0.2) is 0 Å². The number of pyridine rings is 1. The van der Waals surface area contributed by atoms with Gasteiger partial charge >= 0.3 is 0 Å². The number of aliphatic hydroxyl groups is 1. The molecule has 0 fully saturated rings. The average Bonchev–Trinajstić information content (AvgIpc) is 2.48. The Labute approximate surface area is 119 Å². The minimum Gasteiger partial charge on any atom is -0.497 e. The maximum atomic E-state index is 10.4. The lowest BCUT2D eigenvalue weighted by atomic mass is 10.0. The van der Waals surface area contributed by atoms with E-state index in [-0.39, 0.29) is 0 Å². The Morgan fingerprint density at radius 2 is 2.00 bits per heavy atom. The van der Waals surface area contributed by atoms with Crippen molar-refractivity contribution in [2.45, 2.75) is 19.4 Å². The van der Waals surface area contributed by atoms with Crippen LogP contribution in [-0.2, 0) is 6.42 Å². The third-order valence-electron chi connectivity index (χ3n) is 3.30. The van der Waals surface area contributed by atoms with Crippen LogP contribution >= 0.6 is 0 Å². The fourth-order valence-electron chi connectivity index (χ4n) is 2.12. The monoisotopic (exact) mass is 273 g/mol. The molecule has 1 unspecified atom stereocenters. The second kappa shape index (κ2) is 6.39. The van der Waals surface area contributed by atoms with Gasteiger partial charge in [-0.1, -0.05) is 6.07 Å². The Hall–Kier alpha value is -2.07. The number of aromatic nitrogens is 1. The summed E-state index contributed by atoms with van der Waals surface area (Å²) >= 11 is 0. The second-order valence-corrected chi connectivity index (χ2v) is 4.59. The van der Waals surface area contributed by atoms with Gasteiger partial charge in [-0.3, -0.25) is 4.98 Å². The van der Waals surface area contributed by atoms with E-state index >= 15 is 0 Å². The molecule has 106 valence electrons. The number of ether oxygens (including phenoxy) is 2. The fraction of sp³-hybridized carbons (Fsp3) is 0.312. The predicted octanol–water partition coefficient (Wildman–Crippen LogP) is 2.68. The largest absolute Gasteiger partial charge is 0.497 e. The molecule has 0 spiro atoms. The predicted molar refractivity (Wildman–Crippen MR) is 77.2 cm³/mol. The molecule has 0 saturated carbocycles. The minimum absolute atomic E-state index is 0.454. The number of hydrogen-bond acceptors (Lipinski definition) is 4. The molecule has 0 radical (unpaired) electrons. The first-order valence-electron chi connectivity index (χ1n) is 6.46. The van der Waals surface area contributed by atoms with Gasteiger partial charge in [-0.25, -0.2) is 0 Å². The van der Waals surface area contributed by atoms with Crippen molar-refractivity contribution in [3.05, 3.63) is 53.3 Å². The van der Waals surface area contributed by atoms with Crippen molar-refractivity contribution < 1.29 is 14.6 Å². The van der Waals surface area contributed by atoms with Gasteiger partial charge in [-0.15, -0.1) is 0 Å². The molecular weight excluding hydrogens is 254 g/mol. The molecule has 0 aliphatic heterocycles. The second-order valence-electron chi connectivity index (χ2n) is 4.59. The highest BCUT2D eigenvalue weighted by atomic mass is 16.5. The first kappa shape index (κ1) is 14.3. The van der Waals surface area contributed by atoms with Crippen molar-refractivity contribution in [2.75, 3.05) is 14.2 Å². The Morgan fingerprint density at radius 1 is 1.20 bits per heavy atom. The summed E-state index contributed by atoms with van der Waals surface area (Å²) in [6.07, 6.45) is 1.53. The van der Waals surface area contributed by atoms with E-state index in [0.717, 1.165) is 16.8 Å². The molecule has 2 aromatic rings. The zero-order valence-corrected chi connectivity index (χ0v) is 12.0. The maximum absolute atomic E-state index is 10.4. The molecule has 0 aliphatic carbocycles. The van der Waals surface area contributed by atoms with Gasteiger partial charge < -0.3 is 14.6 Å². The summed E-state index contributed by atoms with van der Waals surface area (Å²) in [5.41, 5.74) is 2.69. The lowest BCUT2D eigenvalue weighted by Gasteiger charge is -2.16. The first-order valence-corrected chi connectivity index (χ1v) is 6.46. The van der Waals surface area contributed by atoms with Crippen LogP contribution in [0.2, 0.25) is 0 Å². The van der Waals surface area contributed by atoms with E-state index < -0.39 is 6.10 Å². The van der Waals surface area contributed by atoms with Gasteiger partial charge in [-0.2, -0.15) is 0 Å². The third kappa shape index (κ3) is 3.08. The third-order valence-corrected chi connectivity index (χ3v) is 3.30. The standard InChI is InChI=1S/C16H19NO3/c1-11-5-4-8-17-14(11)10-15(18)13-7-6-12(19-2)9-16(13)20-3/h4-9,15,18H,10H2,1-3H3. The van der Waals surface area contributed by atoms with E-state index in [1.54, 1.807) is 26.5 Å². The number of nitrogens with zero attached hydrogens (tertiary/aromatic N) is 1. The number of methoxy groups -OCH3 is 2.